The van der Waals surface area contributed by atoms with Gasteiger partial charge in [0, 0.05) is 11.3 Å². The molecule has 0 amide bonds. The second kappa shape index (κ2) is 5.69. The molecule has 0 saturated heterocycles. The predicted octanol–water partition coefficient (Wildman–Crippen LogP) is 4.67. The van der Waals surface area contributed by atoms with Gasteiger partial charge in [-0.3, -0.25) is 0 Å². The molecule has 2 rings (SSSR count). The van der Waals surface area contributed by atoms with Crippen molar-refractivity contribution in [1.29, 1.82) is 0 Å². The van der Waals surface area contributed by atoms with Crippen LogP contribution in [0.3, 0.4) is 0 Å². The molecule has 2 aromatic carbocycles. The van der Waals surface area contributed by atoms with Gasteiger partial charge >= 0.3 is 0 Å². The van der Waals surface area contributed by atoms with Crippen LogP contribution in [0.2, 0.25) is 0 Å². The Morgan fingerprint density at radius 3 is 2.29 bits per heavy atom. The molecule has 0 spiro atoms. The fourth-order valence-electron chi connectivity index (χ4n) is 1.52. The van der Waals surface area contributed by atoms with Crippen LogP contribution in [-0.2, 0) is 6.42 Å². The third-order valence-corrected chi connectivity index (χ3v) is 3.26. The van der Waals surface area contributed by atoms with E-state index >= 15 is 0 Å². The van der Waals surface area contributed by atoms with Crippen molar-refractivity contribution < 1.29 is 4.39 Å². The first kappa shape index (κ1) is 11.9. The van der Waals surface area contributed by atoms with Crippen LogP contribution >= 0.6 is 11.8 Å². The third kappa shape index (κ3) is 3.75. The number of hydrogen-bond donors (Lipinski definition) is 0. The molecule has 0 aromatic heterocycles. The fraction of sp³-hybridized carbons (Fsp3) is 0.0667. The van der Waals surface area contributed by atoms with E-state index in [0.29, 0.717) is 0 Å². The molecule has 0 atom stereocenters. The van der Waals surface area contributed by atoms with E-state index in [4.69, 9.17) is 0 Å². The first-order chi connectivity index (χ1) is 8.24. The van der Waals surface area contributed by atoms with E-state index in [2.05, 4.69) is 18.7 Å². The number of rotatable bonds is 4. The minimum absolute atomic E-state index is 0.199. The van der Waals surface area contributed by atoms with E-state index in [9.17, 15) is 4.39 Å². The Kier molecular flexibility index (Phi) is 3.99. The first-order valence-electron chi connectivity index (χ1n) is 5.39. The molecule has 0 N–H and O–H groups in total. The normalized spacial score (nSPS) is 10.2. The van der Waals surface area contributed by atoms with Gasteiger partial charge in [0.05, 0.1) is 0 Å². The summed E-state index contributed by atoms with van der Waals surface area (Å²) in [5, 5.41) is 0. The number of thioether (sulfide) groups is 1. The van der Waals surface area contributed by atoms with E-state index in [1.165, 1.54) is 17.0 Å². The lowest BCUT2D eigenvalue weighted by Gasteiger charge is -2.05. The van der Waals surface area contributed by atoms with Gasteiger partial charge in [0.25, 0.3) is 0 Å². The Morgan fingerprint density at radius 2 is 1.65 bits per heavy atom. The minimum atomic E-state index is -0.199. The van der Waals surface area contributed by atoms with Crippen LogP contribution in [-0.4, -0.2) is 0 Å². The Balaban J connectivity index is 1.96. The summed E-state index contributed by atoms with van der Waals surface area (Å²) >= 11 is 1.65. The van der Waals surface area contributed by atoms with E-state index in [1.807, 2.05) is 18.2 Å². The highest BCUT2D eigenvalue weighted by Gasteiger charge is 2.00. The molecule has 2 aromatic rings. The summed E-state index contributed by atoms with van der Waals surface area (Å²) in [7, 11) is 0. The molecule has 0 bridgehead atoms. The SMILES string of the molecule is C=C(Cc1ccc(F)cc1)Sc1ccccc1. The zero-order valence-electron chi connectivity index (χ0n) is 9.40. The van der Waals surface area contributed by atoms with Crippen molar-refractivity contribution in [2.45, 2.75) is 11.3 Å². The second-order valence-corrected chi connectivity index (χ2v) is 5.01. The van der Waals surface area contributed by atoms with Crippen molar-refractivity contribution in [2.24, 2.45) is 0 Å². The van der Waals surface area contributed by atoms with Crippen LogP contribution in [0, 0.1) is 5.82 Å². The summed E-state index contributed by atoms with van der Waals surface area (Å²) in [6.45, 7) is 4.04. The maximum atomic E-state index is 12.7. The van der Waals surface area contributed by atoms with Crippen molar-refractivity contribution in [2.75, 3.05) is 0 Å². The van der Waals surface area contributed by atoms with Gasteiger partial charge in [-0.25, -0.2) is 4.39 Å². The summed E-state index contributed by atoms with van der Waals surface area (Å²) in [6, 6.07) is 16.7. The number of halogens is 1. The van der Waals surface area contributed by atoms with Gasteiger partial charge in [0.1, 0.15) is 5.82 Å². The first-order valence-corrected chi connectivity index (χ1v) is 6.21. The summed E-state index contributed by atoms with van der Waals surface area (Å²) in [6.07, 6.45) is 0.764. The van der Waals surface area contributed by atoms with Crippen LogP contribution in [0.5, 0.6) is 0 Å². The van der Waals surface area contributed by atoms with Crippen molar-refractivity contribution in [1.82, 2.24) is 0 Å². The summed E-state index contributed by atoms with van der Waals surface area (Å²) < 4.78 is 12.7. The topological polar surface area (TPSA) is 0 Å². The van der Waals surface area contributed by atoms with E-state index in [0.717, 1.165) is 16.9 Å². The quantitative estimate of drug-likeness (QED) is 0.704. The zero-order chi connectivity index (χ0) is 12.1. The Hall–Kier alpha value is -1.54. The molecule has 86 valence electrons. The van der Waals surface area contributed by atoms with Gasteiger partial charge < -0.3 is 0 Å². The van der Waals surface area contributed by atoms with Gasteiger partial charge in [0.15, 0.2) is 0 Å². The van der Waals surface area contributed by atoms with E-state index in [1.54, 1.807) is 23.9 Å². The molecular formula is C15H13FS. The number of hydrogen-bond acceptors (Lipinski definition) is 1. The molecule has 17 heavy (non-hydrogen) atoms. The van der Waals surface area contributed by atoms with Crippen LogP contribution in [0.1, 0.15) is 5.56 Å². The molecule has 0 nitrogen and oxygen atoms in total. The maximum Gasteiger partial charge on any atom is 0.123 e. The summed E-state index contributed by atoms with van der Waals surface area (Å²) in [4.78, 5) is 2.24. The van der Waals surface area contributed by atoms with E-state index < -0.39 is 0 Å². The van der Waals surface area contributed by atoms with E-state index in [-0.39, 0.29) is 5.82 Å². The van der Waals surface area contributed by atoms with Gasteiger partial charge in [-0.15, -0.1) is 0 Å². The van der Waals surface area contributed by atoms with Crippen LogP contribution in [0.4, 0.5) is 4.39 Å². The molecule has 2 heteroatoms. The Labute approximate surface area is 105 Å². The molecule has 0 unspecified atom stereocenters. The summed E-state index contributed by atoms with van der Waals surface area (Å²) in [5.74, 6) is -0.199. The van der Waals surface area contributed by atoms with Crippen LogP contribution < -0.4 is 0 Å². The van der Waals surface area contributed by atoms with Crippen molar-refractivity contribution in [3.63, 3.8) is 0 Å². The van der Waals surface area contributed by atoms with Crippen LogP contribution in [0.15, 0.2) is 71.0 Å². The molecule has 0 radical (unpaired) electrons. The molecule has 0 heterocycles. The minimum Gasteiger partial charge on any atom is -0.207 e. The highest BCUT2D eigenvalue weighted by atomic mass is 32.2. The lowest BCUT2D eigenvalue weighted by Crippen LogP contribution is -1.86. The molecular weight excluding hydrogens is 231 g/mol. The zero-order valence-corrected chi connectivity index (χ0v) is 10.2. The van der Waals surface area contributed by atoms with Gasteiger partial charge in [0.2, 0.25) is 0 Å². The molecule has 0 aliphatic heterocycles. The second-order valence-electron chi connectivity index (χ2n) is 3.76. The molecule has 0 aliphatic carbocycles. The molecule has 0 aliphatic rings. The van der Waals surface area contributed by atoms with Crippen molar-refractivity contribution in [3.05, 3.63) is 77.5 Å². The van der Waals surface area contributed by atoms with Gasteiger partial charge in [-0.05, 0) is 34.7 Å². The number of benzene rings is 2. The lowest BCUT2D eigenvalue weighted by molar-refractivity contribution is 0.627. The third-order valence-electron chi connectivity index (χ3n) is 2.32. The largest absolute Gasteiger partial charge is 0.207 e. The van der Waals surface area contributed by atoms with Gasteiger partial charge in [-0.2, -0.15) is 0 Å². The van der Waals surface area contributed by atoms with Crippen molar-refractivity contribution in [3.8, 4) is 0 Å². The Morgan fingerprint density at radius 1 is 1.00 bits per heavy atom. The van der Waals surface area contributed by atoms with Crippen LogP contribution in [0.25, 0.3) is 0 Å². The Bertz CT molecular complexity index is 488. The molecule has 0 fully saturated rings. The van der Waals surface area contributed by atoms with Crippen molar-refractivity contribution >= 4 is 11.8 Å². The summed E-state index contributed by atoms with van der Waals surface area (Å²) in [5.41, 5.74) is 1.08. The molecule has 0 saturated carbocycles. The fourth-order valence-corrected chi connectivity index (χ4v) is 2.39. The smallest absolute Gasteiger partial charge is 0.123 e. The standard InChI is InChI=1S/C15H13FS/c1-12(17-15-5-3-2-4-6-15)11-13-7-9-14(16)10-8-13/h2-10H,1,11H2. The highest BCUT2D eigenvalue weighted by molar-refractivity contribution is 8.03. The van der Waals surface area contributed by atoms with Gasteiger partial charge in [-0.1, -0.05) is 48.7 Å². The monoisotopic (exact) mass is 244 g/mol. The average Bonchev–Trinajstić information content (AvgIpc) is 2.33. The average molecular weight is 244 g/mol. The number of allylic oxidation sites excluding steroid dienone is 1. The maximum absolute atomic E-state index is 12.7. The lowest BCUT2D eigenvalue weighted by atomic mass is 10.1. The highest BCUT2D eigenvalue weighted by Crippen LogP contribution is 2.27. The predicted molar refractivity (Wildman–Crippen MR) is 71.5 cm³/mol.